The van der Waals surface area contributed by atoms with Crippen LogP contribution < -0.4 is 10.6 Å². The van der Waals surface area contributed by atoms with Gasteiger partial charge in [0.25, 0.3) is 0 Å². The average Bonchev–Trinajstić information content (AvgIpc) is 2.68. The van der Waals surface area contributed by atoms with Gasteiger partial charge in [0.15, 0.2) is 0 Å². The topological polar surface area (TPSA) is 47.1 Å². The van der Waals surface area contributed by atoms with Crippen LogP contribution in [0.2, 0.25) is 0 Å². The Bertz CT molecular complexity index is 603. The molecular weight excluding hydrogens is 256 g/mol. The molecule has 1 aromatic heterocycles. The molecule has 0 aliphatic carbocycles. The molecule has 0 unspecified atom stereocenters. The predicted octanol–water partition coefficient (Wildman–Crippen LogP) is 2.00. The molecule has 19 heavy (non-hydrogen) atoms. The lowest BCUT2D eigenvalue weighted by atomic mass is 10.2. The molecule has 0 amide bonds. The van der Waals surface area contributed by atoms with Crippen LogP contribution in [0.1, 0.15) is 17.0 Å². The normalized spacial score (nSPS) is 10.5. The van der Waals surface area contributed by atoms with Crippen molar-refractivity contribution in [1.82, 2.24) is 9.78 Å². The predicted molar refractivity (Wildman–Crippen MR) is 82.4 cm³/mol. The largest absolute Gasteiger partial charge is 0.389 e. The van der Waals surface area contributed by atoms with Gasteiger partial charge in [0.05, 0.1) is 17.9 Å². The van der Waals surface area contributed by atoms with E-state index in [0.717, 1.165) is 23.5 Å². The number of hydrogen-bond acceptors (Lipinski definition) is 3. The summed E-state index contributed by atoms with van der Waals surface area (Å²) < 4.78 is 1.91. The van der Waals surface area contributed by atoms with Crippen molar-refractivity contribution in [2.45, 2.75) is 13.5 Å². The quantitative estimate of drug-likeness (QED) is 0.866. The zero-order chi connectivity index (χ0) is 14.0. The van der Waals surface area contributed by atoms with Crippen LogP contribution >= 0.6 is 12.2 Å². The standard InChI is InChI=1S/C14H18N4S/c1-10-7-13(18(3)16-10)9-17(2)12-6-4-5-11(8-12)14(15)19/h4-8H,9H2,1-3H3,(H2,15,19). The lowest BCUT2D eigenvalue weighted by Gasteiger charge is -2.20. The van der Waals surface area contributed by atoms with Gasteiger partial charge < -0.3 is 10.6 Å². The molecule has 2 rings (SSSR count). The highest BCUT2D eigenvalue weighted by atomic mass is 32.1. The fourth-order valence-electron chi connectivity index (χ4n) is 2.04. The van der Waals surface area contributed by atoms with Crippen LogP contribution in [0.15, 0.2) is 30.3 Å². The summed E-state index contributed by atoms with van der Waals surface area (Å²) in [5.41, 5.74) is 9.84. The van der Waals surface area contributed by atoms with Gasteiger partial charge >= 0.3 is 0 Å². The molecule has 1 aromatic carbocycles. The van der Waals surface area contributed by atoms with Crippen LogP contribution in [0.5, 0.6) is 0 Å². The van der Waals surface area contributed by atoms with Gasteiger partial charge in [-0.15, -0.1) is 0 Å². The number of nitrogens with two attached hydrogens (primary N) is 1. The molecule has 0 atom stereocenters. The first kappa shape index (κ1) is 13.5. The van der Waals surface area contributed by atoms with Gasteiger partial charge in [-0.2, -0.15) is 5.10 Å². The lowest BCUT2D eigenvalue weighted by Crippen LogP contribution is -2.19. The fourth-order valence-corrected chi connectivity index (χ4v) is 2.17. The van der Waals surface area contributed by atoms with E-state index in [0.29, 0.717) is 4.99 Å². The smallest absolute Gasteiger partial charge is 0.104 e. The fraction of sp³-hybridized carbons (Fsp3) is 0.286. The second-order valence-corrected chi connectivity index (χ2v) is 5.11. The van der Waals surface area contributed by atoms with Crippen LogP contribution in [0.4, 0.5) is 5.69 Å². The van der Waals surface area contributed by atoms with E-state index in [1.54, 1.807) is 0 Å². The van der Waals surface area contributed by atoms with Gasteiger partial charge in [0.2, 0.25) is 0 Å². The molecule has 0 fully saturated rings. The first-order valence-electron chi connectivity index (χ1n) is 6.08. The molecule has 0 saturated carbocycles. The van der Waals surface area contributed by atoms with Gasteiger partial charge in [-0.05, 0) is 25.1 Å². The molecule has 0 saturated heterocycles. The van der Waals surface area contributed by atoms with Crippen molar-refractivity contribution in [3.05, 3.63) is 47.3 Å². The number of nitrogens with zero attached hydrogens (tertiary/aromatic N) is 3. The Balaban J connectivity index is 2.20. The molecule has 4 nitrogen and oxygen atoms in total. The van der Waals surface area contributed by atoms with E-state index in [2.05, 4.69) is 16.1 Å². The zero-order valence-corrected chi connectivity index (χ0v) is 12.2. The summed E-state index contributed by atoms with van der Waals surface area (Å²) in [6.07, 6.45) is 0. The number of hydrogen-bond donors (Lipinski definition) is 1. The number of benzene rings is 1. The highest BCUT2D eigenvalue weighted by molar-refractivity contribution is 7.80. The monoisotopic (exact) mass is 274 g/mol. The summed E-state index contributed by atoms with van der Waals surface area (Å²) in [5, 5.41) is 4.35. The van der Waals surface area contributed by atoms with Crippen LogP contribution in [0.25, 0.3) is 0 Å². The van der Waals surface area contributed by atoms with Crippen molar-refractivity contribution in [2.75, 3.05) is 11.9 Å². The van der Waals surface area contributed by atoms with E-state index in [1.165, 1.54) is 5.69 Å². The van der Waals surface area contributed by atoms with E-state index in [9.17, 15) is 0 Å². The molecular formula is C14H18N4S. The highest BCUT2D eigenvalue weighted by Crippen LogP contribution is 2.17. The molecule has 5 heteroatoms. The molecule has 100 valence electrons. The Morgan fingerprint density at radius 3 is 2.74 bits per heavy atom. The number of anilines is 1. The minimum Gasteiger partial charge on any atom is -0.389 e. The summed E-state index contributed by atoms with van der Waals surface area (Å²) in [6.45, 7) is 2.79. The van der Waals surface area contributed by atoms with Gasteiger partial charge in [-0.1, -0.05) is 24.4 Å². The molecule has 0 aliphatic heterocycles. The van der Waals surface area contributed by atoms with E-state index < -0.39 is 0 Å². The van der Waals surface area contributed by atoms with Gasteiger partial charge in [-0.3, -0.25) is 4.68 Å². The second kappa shape index (κ2) is 5.40. The molecule has 0 spiro atoms. The third-order valence-corrected chi connectivity index (χ3v) is 3.31. The van der Waals surface area contributed by atoms with Crippen LogP contribution in [0, 0.1) is 6.92 Å². The average molecular weight is 274 g/mol. The minimum absolute atomic E-state index is 0.423. The minimum atomic E-state index is 0.423. The molecule has 0 bridgehead atoms. The van der Waals surface area contributed by atoms with Crippen molar-refractivity contribution in [3.63, 3.8) is 0 Å². The molecule has 0 radical (unpaired) electrons. The summed E-state index contributed by atoms with van der Waals surface area (Å²) in [4.78, 5) is 2.57. The maximum atomic E-state index is 5.66. The maximum absolute atomic E-state index is 5.66. The summed E-state index contributed by atoms with van der Waals surface area (Å²) >= 11 is 5.01. The van der Waals surface area contributed by atoms with Gasteiger partial charge in [-0.25, -0.2) is 0 Å². The third kappa shape index (κ3) is 3.12. The molecule has 1 heterocycles. The Hall–Kier alpha value is -1.88. The van der Waals surface area contributed by atoms with Gasteiger partial charge in [0.1, 0.15) is 4.99 Å². The zero-order valence-electron chi connectivity index (χ0n) is 11.4. The Kier molecular flexibility index (Phi) is 3.85. The second-order valence-electron chi connectivity index (χ2n) is 4.67. The first-order valence-corrected chi connectivity index (χ1v) is 6.48. The number of thiocarbonyl (C=S) groups is 1. The van der Waals surface area contributed by atoms with Crippen LogP contribution in [-0.4, -0.2) is 21.8 Å². The molecule has 2 aromatic rings. The Morgan fingerprint density at radius 2 is 2.16 bits per heavy atom. The number of rotatable bonds is 4. The number of aryl methyl sites for hydroxylation is 2. The summed E-state index contributed by atoms with van der Waals surface area (Å²) in [6, 6.07) is 10.0. The Morgan fingerprint density at radius 1 is 1.42 bits per heavy atom. The van der Waals surface area contributed by atoms with E-state index in [4.69, 9.17) is 18.0 Å². The molecule has 2 N–H and O–H groups in total. The van der Waals surface area contributed by atoms with Crippen molar-refractivity contribution in [2.24, 2.45) is 12.8 Å². The number of aromatic nitrogens is 2. The third-order valence-electron chi connectivity index (χ3n) is 3.07. The van der Waals surface area contributed by atoms with Gasteiger partial charge in [0, 0.05) is 25.3 Å². The Labute approximate surface area is 118 Å². The molecule has 0 aliphatic rings. The van der Waals surface area contributed by atoms with Crippen LogP contribution in [-0.2, 0) is 13.6 Å². The van der Waals surface area contributed by atoms with E-state index in [1.807, 2.05) is 50.0 Å². The van der Waals surface area contributed by atoms with Crippen LogP contribution in [0.3, 0.4) is 0 Å². The first-order chi connectivity index (χ1) is 8.97. The summed E-state index contributed by atoms with van der Waals surface area (Å²) in [5.74, 6) is 0. The SMILES string of the molecule is Cc1cc(CN(C)c2cccc(C(N)=S)c2)n(C)n1. The summed E-state index contributed by atoms with van der Waals surface area (Å²) in [7, 11) is 4.00. The highest BCUT2D eigenvalue weighted by Gasteiger charge is 2.08. The van der Waals surface area contributed by atoms with Crippen molar-refractivity contribution in [3.8, 4) is 0 Å². The van der Waals surface area contributed by atoms with Crippen molar-refractivity contribution < 1.29 is 0 Å². The van der Waals surface area contributed by atoms with Crippen molar-refractivity contribution >= 4 is 22.9 Å². The lowest BCUT2D eigenvalue weighted by molar-refractivity contribution is 0.694. The van der Waals surface area contributed by atoms with E-state index >= 15 is 0 Å². The van der Waals surface area contributed by atoms with Crippen molar-refractivity contribution in [1.29, 1.82) is 0 Å². The van der Waals surface area contributed by atoms with E-state index in [-0.39, 0.29) is 0 Å². The maximum Gasteiger partial charge on any atom is 0.104 e.